The molecule has 30 heavy (non-hydrogen) atoms. The van der Waals surface area contributed by atoms with Crippen molar-refractivity contribution in [3.05, 3.63) is 73.8 Å². The highest BCUT2D eigenvalue weighted by molar-refractivity contribution is 5.88. The van der Waals surface area contributed by atoms with Crippen LogP contribution in [0, 0.1) is 20.2 Å². The lowest BCUT2D eigenvalue weighted by molar-refractivity contribution is -0.393. The van der Waals surface area contributed by atoms with Gasteiger partial charge in [-0.15, -0.1) is 0 Å². The van der Waals surface area contributed by atoms with E-state index in [9.17, 15) is 20.2 Å². The van der Waals surface area contributed by atoms with E-state index in [0.29, 0.717) is 0 Å². The Bertz CT molecular complexity index is 1080. The van der Waals surface area contributed by atoms with E-state index in [2.05, 4.69) is 49.2 Å². The first-order valence-corrected chi connectivity index (χ1v) is 9.47. The van der Waals surface area contributed by atoms with Crippen LogP contribution in [0.5, 0.6) is 0 Å². The molecule has 0 saturated carbocycles. The number of anilines is 2. The maximum Gasteiger partial charge on any atom is 0.301 e. The molecule has 0 unspecified atom stereocenters. The van der Waals surface area contributed by atoms with Crippen LogP contribution in [0.4, 0.5) is 22.7 Å². The number of benzene rings is 2. The molecule has 0 radical (unpaired) electrons. The van der Waals surface area contributed by atoms with E-state index in [1.165, 1.54) is 17.7 Å². The summed E-state index contributed by atoms with van der Waals surface area (Å²) < 4.78 is 0. The topological polar surface area (TPSA) is 114 Å². The van der Waals surface area contributed by atoms with E-state index in [0.717, 1.165) is 29.4 Å². The standard InChI is InChI=1S/C21H23N5O4/c1-5-24-19-9-6-15(10-17(19)14(2)12-21(24,3)4)13-22-23-18-8-7-16(25(27)28)11-20(18)26(29)30/h6-13,23H,5H2,1-4H3/b22-13-. The fourth-order valence-electron chi connectivity index (χ4n) is 3.81. The number of rotatable bonds is 6. The average molecular weight is 409 g/mol. The zero-order valence-corrected chi connectivity index (χ0v) is 17.2. The lowest BCUT2D eigenvalue weighted by atomic mass is 9.88. The molecule has 1 heterocycles. The Morgan fingerprint density at radius 1 is 1.13 bits per heavy atom. The van der Waals surface area contributed by atoms with Gasteiger partial charge in [0, 0.05) is 23.9 Å². The number of hydrogen-bond acceptors (Lipinski definition) is 7. The Labute approximate surface area is 174 Å². The Kier molecular flexibility index (Phi) is 5.55. The van der Waals surface area contributed by atoms with Crippen LogP contribution in [0.1, 0.15) is 38.8 Å². The summed E-state index contributed by atoms with van der Waals surface area (Å²) in [6.45, 7) is 9.44. The summed E-state index contributed by atoms with van der Waals surface area (Å²) in [5.41, 5.74) is 6.13. The minimum atomic E-state index is -0.682. The maximum atomic E-state index is 11.2. The van der Waals surface area contributed by atoms with E-state index in [-0.39, 0.29) is 16.9 Å². The zero-order chi connectivity index (χ0) is 22.1. The van der Waals surface area contributed by atoms with Crippen LogP contribution in [0.2, 0.25) is 0 Å². The van der Waals surface area contributed by atoms with Crippen LogP contribution in [0.25, 0.3) is 5.57 Å². The van der Waals surface area contributed by atoms with Crippen molar-refractivity contribution in [1.29, 1.82) is 0 Å². The summed E-state index contributed by atoms with van der Waals surface area (Å²) in [7, 11) is 0. The molecule has 1 aliphatic heterocycles. The van der Waals surface area contributed by atoms with Gasteiger partial charge in [-0.1, -0.05) is 12.1 Å². The van der Waals surface area contributed by atoms with Crippen molar-refractivity contribution < 1.29 is 9.85 Å². The number of allylic oxidation sites excluding steroid dienone is 1. The minimum absolute atomic E-state index is 0.0716. The molecule has 1 aliphatic rings. The van der Waals surface area contributed by atoms with Gasteiger partial charge in [0.15, 0.2) is 0 Å². The summed E-state index contributed by atoms with van der Waals surface area (Å²) in [5, 5.41) is 26.1. The van der Waals surface area contributed by atoms with Crippen molar-refractivity contribution in [2.45, 2.75) is 33.2 Å². The first-order valence-electron chi connectivity index (χ1n) is 9.47. The number of non-ortho nitro benzene ring substituents is 1. The highest BCUT2D eigenvalue weighted by atomic mass is 16.6. The highest BCUT2D eigenvalue weighted by Crippen LogP contribution is 2.38. The number of nitrogens with zero attached hydrogens (tertiary/aromatic N) is 4. The predicted molar refractivity (Wildman–Crippen MR) is 118 cm³/mol. The van der Waals surface area contributed by atoms with E-state index in [1.807, 2.05) is 18.2 Å². The number of fused-ring (bicyclic) bond motifs is 1. The average Bonchev–Trinajstić information content (AvgIpc) is 2.67. The van der Waals surface area contributed by atoms with E-state index in [1.54, 1.807) is 6.21 Å². The number of nitro groups is 2. The van der Waals surface area contributed by atoms with Crippen LogP contribution < -0.4 is 10.3 Å². The Morgan fingerprint density at radius 3 is 2.50 bits per heavy atom. The summed E-state index contributed by atoms with van der Waals surface area (Å²) in [4.78, 5) is 23.0. The van der Waals surface area contributed by atoms with Gasteiger partial charge in [-0.25, -0.2) is 0 Å². The quantitative estimate of drug-likeness (QED) is 0.409. The Balaban J connectivity index is 1.86. The number of hydrazone groups is 1. The van der Waals surface area contributed by atoms with Crippen molar-refractivity contribution in [3.8, 4) is 0 Å². The van der Waals surface area contributed by atoms with Crippen LogP contribution in [0.15, 0.2) is 47.6 Å². The Hall–Kier alpha value is -3.75. The second kappa shape index (κ2) is 7.94. The van der Waals surface area contributed by atoms with E-state index < -0.39 is 15.5 Å². The third-order valence-corrected chi connectivity index (χ3v) is 5.11. The normalized spacial score (nSPS) is 14.9. The van der Waals surface area contributed by atoms with Gasteiger partial charge in [-0.2, -0.15) is 5.10 Å². The summed E-state index contributed by atoms with van der Waals surface area (Å²) in [6.07, 6.45) is 3.80. The first-order chi connectivity index (χ1) is 14.1. The Morgan fingerprint density at radius 2 is 1.87 bits per heavy atom. The van der Waals surface area contributed by atoms with Gasteiger partial charge in [-0.05, 0) is 57.0 Å². The summed E-state index contributed by atoms with van der Waals surface area (Å²) in [5.74, 6) is 0. The van der Waals surface area contributed by atoms with E-state index in [4.69, 9.17) is 0 Å². The monoisotopic (exact) mass is 409 g/mol. The van der Waals surface area contributed by atoms with Crippen LogP contribution in [-0.2, 0) is 0 Å². The van der Waals surface area contributed by atoms with Crippen molar-refractivity contribution in [2.75, 3.05) is 16.9 Å². The molecule has 2 aromatic carbocycles. The SMILES string of the molecule is CCN1c2ccc(/C=N\Nc3ccc([N+](=O)[O-])cc3[N+](=O)[O-])cc2C(C)=CC1(C)C. The van der Waals surface area contributed by atoms with Gasteiger partial charge in [0.2, 0.25) is 0 Å². The van der Waals surface area contributed by atoms with Gasteiger partial charge in [0.05, 0.1) is 27.7 Å². The molecule has 2 aromatic rings. The first kappa shape index (κ1) is 21.0. The summed E-state index contributed by atoms with van der Waals surface area (Å²) >= 11 is 0. The molecule has 0 bridgehead atoms. The highest BCUT2D eigenvalue weighted by Gasteiger charge is 2.30. The molecule has 0 atom stereocenters. The summed E-state index contributed by atoms with van der Waals surface area (Å²) in [6, 6.07) is 9.38. The molecule has 156 valence electrons. The molecule has 0 amide bonds. The molecule has 0 aliphatic carbocycles. The molecule has 0 fully saturated rings. The number of nitro benzene ring substituents is 2. The fraction of sp³-hybridized carbons (Fsp3) is 0.286. The van der Waals surface area contributed by atoms with Crippen LogP contribution in [-0.4, -0.2) is 28.1 Å². The van der Waals surface area contributed by atoms with E-state index >= 15 is 0 Å². The van der Waals surface area contributed by atoms with Crippen molar-refractivity contribution >= 4 is 34.5 Å². The van der Waals surface area contributed by atoms with Gasteiger partial charge in [0.25, 0.3) is 5.69 Å². The largest absolute Gasteiger partial charge is 0.363 e. The maximum absolute atomic E-state index is 11.2. The number of likely N-dealkylation sites (N-methyl/N-ethyl adjacent to an activating group) is 1. The van der Waals surface area contributed by atoms with Gasteiger partial charge >= 0.3 is 5.69 Å². The van der Waals surface area contributed by atoms with Crippen molar-refractivity contribution in [1.82, 2.24) is 0 Å². The van der Waals surface area contributed by atoms with Crippen molar-refractivity contribution in [3.63, 3.8) is 0 Å². The molecule has 0 aromatic heterocycles. The number of hydrogen-bond donors (Lipinski definition) is 1. The molecule has 9 heteroatoms. The third-order valence-electron chi connectivity index (χ3n) is 5.11. The minimum Gasteiger partial charge on any atom is -0.363 e. The molecule has 3 rings (SSSR count). The number of nitrogens with one attached hydrogen (secondary N) is 1. The van der Waals surface area contributed by atoms with Crippen LogP contribution >= 0.6 is 0 Å². The molecular weight excluding hydrogens is 386 g/mol. The molecular formula is C21H23N5O4. The lowest BCUT2D eigenvalue weighted by Gasteiger charge is -2.42. The zero-order valence-electron chi connectivity index (χ0n) is 17.2. The second-order valence-corrected chi connectivity index (χ2v) is 7.59. The smallest absolute Gasteiger partial charge is 0.301 e. The lowest BCUT2D eigenvalue weighted by Crippen LogP contribution is -2.44. The van der Waals surface area contributed by atoms with Gasteiger partial charge in [-0.3, -0.25) is 25.7 Å². The molecule has 1 N–H and O–H groups in total. The molecule has 9 nitrogen and oxygen atoms in total. The second-order valence-electron chi connectivity index (χ2n) is 7.59. The predicted octanol–water partition coefficient (Wildman–Crippen LogP) is 4.97. The molecule has 0 saturated heterocycles. The van der Waals surface area contributed by atoms with Crippen LogP contribution in [0.3, 0.4) is 0 Å². The van der Waals surface area contributed by atoms with Gasteiger partial charge in [0.1, 0.15) is 5.69 Å². The van der Waals surface area contributed by atoms with Crippen molar-refractivity contribution in [2.24, 2.45) is 5.10 Å². The molecule has 0 spiro atoms. The fourth-order valence-corrected chi connectivity index (χ4v) is 3.81. The third kappa shape index (κ3) is 4.00. The van der Waals surface area contributed by atoms with Gasteiger partial charge < -0.3 is 4.90 Å².